The van der Waals surface area contributed by atoms with E-state index in [0.29, 0.717) is 17.9 Å². The Morgan fingerprint density at radius 1 is 1.38 bits per heavy atom. The highest BCUT2D eigenvalue weighted by Crippen LogP contribution is 2.24. The Morgan fingerprint density at radius 3 is 2.62 bits per heavy atom. The highest BCUT2D eigenvalue weighted by Gasteiger charge is 2.22. The first kappa shape index (κ1) is 15.8. The zero-order valence-corrected chi connectivity index (χ0v) is 13.4. The number of nitrogens with zero attached hydrogens (tertiary/aromatic N) is 1. The average molecular weight is 289 g/mol. The fourth-order valence-corrected chi connectivity index (χ4v) is 2.97. The van der Waals surface area contributed by atoms with Gasteiger partial charge in [0.1, 0.15) is 0 Å². The minimum Gasteiger partial charge on any atom is -0.397 e. The van der Waals surface area contributed by atoms with Gasteiger partial charge in [-0.15, -0.1) is 0 Å². The number of piperidine rings is 1. The molecule has 0 bridgehead atoms. The molecule has 21 heavy (non-hydrogen) atoms. The lowest BCUT2D eigenvalue weighted by atomic mass is 9.87. The Balaban J connectivity index is 1.83. The minimum atomic E-state index is 0.0218. The first-order chi connectivity index (χ1) is 9.95. The largest absolute Gasteiger partial charge is 0.397 e. The maximum absolute atomic E-state index is 12.1. The van der Waals surface area contributed by atoms with E-state index in [1.165, 1.54) is 12.8 Å². The topological polar surface area (TPSA) is 58.4 Å². The molecule has 4 nitrogen and oxygen atoms in total. The molecule has 0 aromatic heterocycles. The van der Waals surface area contributed by atoms with Gasteiger partial charge < -0.3 is 11.1 Å². The summed E-state index contributed by atoms with van der Waals surface area (Å²) < 4.78 is 0. The number of nitrogens with two attached hydrogens (primary N) is 1. The Bertz CT molecular complexity index is 491. The van der Waals surface area contributed by atoms with E-state index in [2.05, 4.69) is 24.1 Å². The normalized spacial score (nSPS) is 17.1. The van der Waals surface area contributed by atoms with E-state index in [1.54, 1.807) is 0 Å². The van der Waals surface area contributed by atoms with Crippen molar-refractivity contribution in [3.63, 3.8) is 0 Å². The maximum atomic E-state index is 12.1. The molecule has 1 aromatic rings. The Kier molecular flexibility index (Phi) is 5.23. The summed E-state index contributed by atoms with van der Waals surface area (Å²) in [5, 5.41) is 2.91. The van der Waals surface area contributed by atoms with Crippen LogP contribution in [-0.2, 0) is 4.79 Å². The average Bonchev–Trinajstić information content (AvgIpc) is 2.42. The van der Waals surface area contributed by atoms with Gasteiger partial charge in [0, 0.05) is 0 Å². The van der Waals surface area contributed by atoms with Crippen molar-refractivity contribution in [2.45, 2.75) is 33.6 Å². The van der Waals surface area contributed by atoms with Gasteiger partial charge in [-0.2, -0.15) is 0 Å². The fourth-order valence-electron chi connectivity index (χ4n) is 2.97. The van der Waals surface area contributed by atoms with Crippen LogP contribution in [0.3, 0.4) is 0 Å². The van der Waals surface area contributed by atoms with Crippen molar-refractivity contribution in [3.05, 3.63) is 23.8 Å². The quantitative estimate of drug-likeness (QED) is 0.838. The second-order valence-electron chi connectivity index (χ2n) is 6.50. The van der Waals surface area contributed by atoms with Crippen molar-refractivity contribution in [3.8, 4) is 0 Å². The monoisotopic (exact) mass is 289 g/mol. The molecule has 1 saturated heterocycles. The highest BCUT2D eigenvalue weighted by molar-refractivity contribution is 5.95. The van der Waals surface area contributed by atoms with E-state index in [-0.39, 0.29) is 5.91 Å². The molecule has 0 spiro atoms. The predicted octanol–water partition coefficient (Wildman–Crippen LogP) is 2.88. The SMILES string of the molecule is Cc1ccc(NC(=O)CN2CCC(C(C)C)CC2)c(N)c1. The summed E-state index contributed by atoms with van der Waals surface area (Å²) in [6, 6.07) is 5.71. The van der Waals surface area contributed by atoms with Gasteiger partial charge in [-0.3, -0.25) is 9.69 Å². The van der Waals surface area contributed by atoms with Gasteiger partial charge in [-0.1, -0.05) is 19.9 Å². The van der Waals surface area contributed by atoms with Gasteiger partial charge in [-0.25, -0.2) is 0 Å². The molecule has 1 aliphatic rings. The third kappa shape index (κ3) is 4.46. The van der Waals surface area contributed by atoms with E-state index in [1.807, 2.05) is 25.1 Å². The first-order valence-electron chi connectivity index (χ1n) is 7.84. The van der Waals surface area contributed by atoms with Crippen LogP contribution >= 0.6 is 0 Å². The fraction of sp³-hybridized carbons (Fsp3) is 0.588. The maximum Gasteiger partial charge on any atom is 0.238 e. The van der Waals surface area contributed by atoms with E-state index in [9.17, 15) is 4.79 Å². The van der Waals surface area contributed by atoms with Gasteiger partial charge in [-0.05, 0) is 62.4 Å². The lowest BCUT2D eigenvalue weighted by molar-refractivity contribution is -0.117. The first-order valence-corrected chi connectivity index (χ1v) is 7.84. The molecule has 1 fully saturated rings. The van der Waals surface area contributed by atoms with Crippen LogP contribution in [0.1, 0.15) is 32.3 Å². The Labute approximate surface area is 127 Å². The summed E-state index contributed by atoms with van der Waals surface area (Å²) in [5.74, 6) is 1.57. The summed E-state index contributed by atoms with van der Waals surface area (Å²) in [4.78, 5) is 14.4. The molecule has 1 amide bonds. The van der Waals surface area contributed by atoms with Crippen LogP contribution in [0, 0.1) is 18.8 Å². The summed E-state index contributed by atoms with van der Waals surface area (Å²) in [6.45, 7) is 9.04. The van der Waals surface area contributed by atoms with Gasteiger partial charge in [0.15, 0.2) is 0 Å². The second-order valence-corrected chi connectivity index (χ2v) is 6.50. The summed E-state index contributed by atoms with van der Waals surface area (Å²) >= 11 is 0. The summed E-state index contributed by atoms with van der Waals surface area (Å²) in [5.41, 5.74) is 8.36. The van der Waals surface area contributed by atoms with Gasteiger partial charge >= 0.3 is 0 Å². The standard InChI is InChI=1S/C17H27N3O/c1-12(2)14-6-8-20(9-7-14)11-17(21)19-16-5-4-13(3)10-15(16)18/h4-5,10,12,14H,6-9,11,18H2,1-3H3,(H,19,21). The van der Waals surface area contributed by atoms with Crippen LogP contribution < -0.4 is 11.1 Å². The van der Waals surface area contributed by atoms with Gasteiger partial charge in [0.2, 0.25) is 5.91 Å². The highest BCUT2D eigenvalue weighted by atomic mass is 16.2. The summed E-state index contributed by atoms with van der Waals surface area (Å²) in [6.07, 6.45) is 2.38. The Hall–Kier alpha value is -1.55. The molecule has 4 heteroatoms. The van der Waals surface area contributed by atoms with E-state index >= 15 is 0 Å². The number of anilines is 2. The van der Waals surface area contributed by atoms with Crippen molar-refractivity contribution < 1.29 is 4.79 Å². The van der Waals surface area contributed by atoms with Crippen molar-refractivity contribution in [1.29, 1.82) is 0 Å². The van der Waals surface area contributed by atoms with Crippen LogP contribution in [-0.4, -0.2) is 30.4 Å². The number of rotatable bonds is 4. The van der Waals surface area contributed by atoms with Crippen molar-refractivity contribution in [1.82, 2.24) is 4.90 Å². The lowest BCUT2D eigenvalue weighted by Crippen LogP contribution is -2.40. The second kappa shape index (κ2) is 6.94. The molecular weight excluding hydrogens is 262 g/mol. The van der Waals surface area contributed by atoms with Crippen LogP contribution in [0.2, 0.25) is 0 Å². The molecule has 1 aliphatic heterocycles. The van der Waals surface area contributed by atoms with Gasteiger partial charge in [0.05, 0.1) is 17.9 Å². The predicted molar refractivity (Wildman–Crippen MR) is 88.2 cm³/mol. The van der Waals surface area contributed by atoms with E-state index in [0.717, 1.165) is 30.5 Å². The van der Waals surface area contributed by atoms with Gasteiger partial charge in [0.25, 0.3) is 0 Å². The smallest absolute Gasteiger partial charge is 0.238 e. The van der Waals surface area contributed by atoms with Crippen LogP contribution in [0.15, 0.2) is 18.2 Å². The minimum absolute atomic E-state index is 0.0218. The van der Waals surface area contributed by atoms with Crippen molar-refractivity contribution >= 4 is 17.3 Å². The number of likely N-dealkylation sites (tertiary alicyclic amines) is 1. The molecule has 1 heterocycles. The van der Waals surface area contributed by atoms with Crippen molar-refractivity contribution in [2.75, 3.05) is 30.7 Å². The molecular formula is C17H27N3O. The third-order valence-corrected chi connectivity index (χ3v) is 4.42. The van der Waals surface area contributed by atoms with E-state index < -0.39 is 0 Å². The lowest BCUT2D eigenvalue weighted by Gasteiger charge is -2.33. The van der Waals surface area contributed by atoms with Crippen LogP contribution in [0.5, 0.6) is 0 Å². The zero-order chi connectivity index (χ0) is 15.4. The number of carbonyl (C=O) groups is 1. The van der Waals surface area contributed by atoms with Crippen molar-refractivity contribution in [2.24, 2.45) is 11.8 Å². The molecule has 116 valence electrons. The zero-order valence-electron chi connectivity index (χ0n) is 13.4. The molecule has 0 aliphatic carbocycles. The number of hydrogen-bond donors (Lipinski definition) is 2. The number of carbonyl (C=O) groups excluding carboxylic acids is 1. The molecule has 1 aromatic carbocycles. The number of hydrogen-bond acceptors (Lipinski definition) is 3. The number of benzene rings is 1. The molecule has 3 N–H and O–H groups in total. The molecule has 0 saturated carbocycles. The van der Waals surface area contributed by atoms with Crippen LogP contribution in [0.4, 0.5) is 11.4 Å². The number of aryl methyl sites for hydroxylation is 1. The summed E-state index contributed by atoms with van der Waals surface area (Å²) in [7, 11) is 0. The van der Waals surface area contributed by atoms with Crippen LogP contribution in [0.25, 0.3) is 0 Å². The Morgan fingerprint density at radius 2 is 2.05 bits per heavy atom. The number of amides is 1. The molecule has 2 rings (SSSR count). The van der Waals surface area contributed by atoms with E-state index in [4.69, 9.17) is 5.73 Å². The molecule has 0 unspecified atom stereocenters. The molecule has 0 radical (unpaired) electrons. The molecule has 0 atom stereocenters. The number of nitrogen functional groups attached to an aromatic ring is 1. The number of nitrogens with one attached hydrogen (secondary N) is 1. The third-order valence-electron chi connectivity index (χ3n) is 4.42.